The van der Waals surface area contributed by atoms with E-state index in [9.17, 15) is 0 Å². The minimum Gasteiger partial charge on any atom is -0.493 e. The Morgan fingerprint density at radius 2 is 1.77 bits per heavy atom. The molecule has 0 spiro atoms. The maximum Gasteiger partial charge on any atom is 0.119 e. The van der Waals surface area contributed by atoms with Crippen LogP contribution >= 0.6 is 15.9 Å². The van der Waals surface area contributed by atoms with Crippen molar-refractivity contribution in [3.05, 3.63) is 76.8 Å². The molecule has 2 atom stereocenters. The van der Waals surface area contributed by atoms with Crippen LogP contribution in [0.1, 0.15) is 17.9 Å². The molecule has 1 aliphatic heterocycles. The van der Waals surface area contributed by atoms with E-state index < -0.39 is 0 Å². The van der Waals surface area contributed by atoms with E-state index in [1.54, 1.807) is 0 Å². The van der Waals surface area contributed by atoms with Gasteiger partial charge in [-0.2, -0.15) is 0 Å². The van der Waals surface area contributed by atoms with Crippen LogP contribution in [0.3, 0.4) is 0 Å². The predicted octanol–water partition coefficient (Wildman–Crippen LogP) is 5.72. The van der Waals surface area contributed by atoms with Crippen molar-refractivity contribution in [1.29, 1.82) is 0 Å². The molecule has 0 aromatic heterocycles. The Balaban J connectivity index is 1.50. The van der Waals surface area contributed by atoms with E-state index in [0.717, 1.165) is 29.9 Å². The van der Waals surface area contributed by atoms with Gasteiger partial charge in [0.15, 0.2) is 0 Å². The number of hydrogen-bond acceptors (Lipinski definition) is 2. The predicted molar refractivity (Wildman–Crippen MR) is 112 cm³/mol. The van der Waals surface area contributed by atoms with E-state index in [1.165, 1.54) is 22.8 Å². The average molecular weight is 410 g/mol. The van der Waals surface area contributed by atoms with Crippen molar-refractivity contribution in [2.75, 3.05) is 26.7 Å². The van der Waals surface area contributed by atoms with Crippen LogP contribution < -0.4 is 4.74 Å². The Labute approximate surface area is 163 Å². The van der Waals surface area contributed by atoms with Gasteiger partial charge in [0.25, 0.3) is 0 Å². The summed E-state index contributed by atoms with van der Waals surface area (Å²) in [6.45, 7) is 2.99. The van der Waals surface area contributed by atoms with Crippen LogP contribution in [0.5, 0.6) is 5.75 Å². The normalized spacial score (nSPS) is 21.0. The molecule has 0 aliphatic carbocycles. The van der Waals surface area contributed by atoms with Crippen LogP contribution in [-0.4, -0.2) is 31.6 Å². The summed E-state index contributed by atoms with van der Waals surface area (Å²) in [5.74, 6) is 2.04. The Morgan fingerprint density at radius 1 is 1.00 bits per heavy atom. The number of likely N-dealkylation sites (tertiary alicyclic amines) is 1. The lowest BCUT2D eigenvalue weighted by atomic mass is 9.81. The number of piperidine rings is 1. The third-order valence-electron chi connectivity index (χ3n) is 5.40. The first kappa shape index (κ1) is 17.6. The molecule has 134 valence electrons. The van der Waals surface area contributed by atoms with Gasteiger partial charge in [0.2, 0.25) is 0 Å². The van der Waals surface area contributed by atoms with Crippen molar-refractivity contribution in [2.45, 2.75) is 12.3 Å². The molecule has 0 N–H and O–H groups in total. The Morgan fingerprint density at radius 3 is 2.62 bits per heavy atom. The maximum absolute atomic E-state index is 6.25. The van der Waals surface area contributed by atoms with E-state index in [1.807, 2.05) is 0 Å². The van der Waals surface area contributed by atoms with Gasteiger partial charge in [0, 0.05) is 16.9 Å². The highest BCUT2D eigenvalue weighted by atomic mass is 79.9. The number of rotatable bonds is 4. The summed E-state index contributed by atoms with van der Waals surface area (Å²) in [5.41, 5.74) is 1.44. The molecule has 0 unspecified atom stereocenters. The SMILES string of the molecule is CN1CC[C@H](c2ccccc2)[C@@H](COc2ccc3cc(Br)ccc3c2)C1. The van der Waals surface area contributed by atoms with Crippen LogP contribution in [0.4, 0.5) is 0 Å². The molecule has 0 amide bonds. The first-order valence-corrected chi connectivity index (χ1v) is 10.0. The topological polar surface area (TPSA) is 12.5 Å². The van der Waals surface area contributed by atoms with E-state index in [4.69, 9.17) is 4.74 Å². The zero-order valence-corrected chi connectivity index (χ0v) is 16.7. The molecule has 3 aromatic carbocycles. The van der Waals surface area contributed by atoms with Crippen LogP contribution in [0.15, 0.2) is 71.2 Å². The van der Waals surface area contributed by atoms with Gasteiger partial charge < -0.3 is 9.64 Å². The summed E-state index contributed by atoms with van der Waals surface area (Å²) in [7, 11) is 2.21. The molecule has 0 saturated carbocycles. The molecule has 1 aliphatic rings. The van der Waals surface area contributed by atoms with Gasteiger partial charge >= 0.3 is 0 Å². The molecule has 0 radical (unpaired) electrons. The summed E-state index contributed by atoms with van der Waals surface area (Å²) in [6.07, 6.45) is 1.19. The Kier molecular flexibility index (Phi) is 5.28. The van der Waals surface area contributed by atoms with E-state index in [-0.39, 0.29) is 0 Å². The lowest BCUT2D eigenvalue weighted by Crippen LogP contribution is -2.39. The van der Waals surface area contributed by atoms with Crippen LogP contribution in [-0.2, 0) is 0 Å². The van der Waals surface area contributed by atoms with Crippen LogP contribution in [0, 0.1) is 5.92 Å². The summed E-state index contributed by atoms with van der Waals surface area (Å²) >= 11 is 3.53. The standard InChI is InChI=1S/C23H24BrNO/c1-25-12-11-23(17-5-3-2-4-6-17)20(15-25)16-26-22-10-8-18-13-21(24)9-7-19(18)14-22/h2-10,13-14,20,23H,11-12,15-16H2,1H3/t20-,23-/m1/s1. The lowest BCUT2D eigenvalue weighted by Gasteiger charge is -2.37. The molecular formula is C23H24BrNO. The molecule has 2 nitrogen and oxygen atoms in total. The summed E-state index contributed by atoms with van der Waals surface area (Å²) in [4.78, 5) is 2.42. The van der Waals surface area contributed by atoms with Crippen LogP contribution in [0.2, 0.25) is 0 Å². The van der Waals surface area contributed by atoms with Crippen molar-refractivity contribution >= 4 is 26.7 Å². The van der Waals surface area contributed by atoms with E-state index in [2.05, 4.69) is 94.6 Å². The van der Waals surface area contributed by atoms with Gasteiger partial charge in [-0.3, -0.25) is 0 Å². The Hall–Kier alpha value is -1.84. The van der Waals surface area contributed by atoms with Gasteiger partial charge in [0.05, 0.1) is 6.61 Å². The molecular weight excluding hydrogens is 386 g/mol. The molecule has 1 heterocycles. The third-order valence-corrected chi connectivity index (χ3v) is 5.90. The number of halogens is 1. The first-order valence-electron chi connectivity index (χ1n) is 9.24. The molecule has 0 bridgehead atoms. The van der Waals surface area contributed by atoms with Crippen molar-refractivity contribution in [2.24, 2.45) is 5.92 Å². The highest BCUT2D eigenvalue weighted by Gasteiger charge is 2.29. The number of hydrogen-bond donors (Lipinski definition) is 0. The minimum absolute atomic E-state index is 0.511. The van der Waals surface area contributed by atoms with Crippen molar-refractivity contribution in [3.8, 4) is 5.75 Å². The fourth-order valence-corrected chi connectivity index (χ4v) is 4.39. The number of benzene rings is 3. The fourth-order valence-electron chi connectivity index (χ4n) is 4.01. The molecule has 3 aromatic rings. The quantitative estimate of drug-likeness (QED) is 0.546. The highest BCUT2D eigenvalue weighted by molar-refractivity contribution is 9.10. The fraction of sp³-hybridized carbons (Fsp3) is 0.304. The van der Waals surface area contributed by atoms with Gasteiger partial charge in [-0.15, -0.1) is 0 Å². The van der Waals surface area contributed by atoms with Gasteiger partial charge in [-0.1, -0.05) is 58.4 Å². The largest absolute Gasteiger partial charge is 0.493 e. The smallest absolute Gasteiger partial charge is 0.119 e. The number of fused-ring (bicyclic) bond motifs is 1. The Bertz CT molecular complexity index is 880. The van der Waals surface area contributed by atoms with Crippen molar-refractivity contribution < 1.29 is 4.74 Å². The zero-order valence-electron chi connectivity index (χ0n) is 15.1. The third kappa shape index (κ3) is 3.94. The number of nitrogens with zero attached hydrogens (tertiary/aromatic N) is 1. The number of ether oxygens (including phenoxy) is 1. The van der Waals surface area contributed by atoms with E-state index in [0.29, 0.717) is 11.8 Å². The second-order valence-electron chi connectivity index (χ2n) is 7.29. The van der Waals surface area contributed by atoms with Crippen molar-refractivity contribution in [3.63, 3.8) is 0 Å². The van der Waals surface area contributed by atoms with Crippen LogP contribution in [0.25, 0.3) is 10.8 Å². The molecule has 4 rings (SSSR count). The molecule has 1 fully saturated rings. The molecule has 3 heteroatoms. The summed E-state index contributed by atoms with van der Waals surface area (Å²) in [5, 5.41) is 2.44. The second-order valence-corrected chi connectivity index (χ2v) is 8.21. The summed E-state index contributed by atoms with van der Waals surface area (Å²) in [6, 6.07) is 23.6. The van der Waals surface area contributed by atoms with Gasteiger partial charge in [-0.25, -0.2) is 0 Å². The minimum atomic E-state index is 0.511. The van der Waals surface area contributed by atoms with Crippen molar-refractivity contribution in [1.82, 2.24) is 4.90 Å². The van der Waals surface area contributed by atoms with E-state index >= 15 is 0 Å². The average Bonchev–Trinajstić information content (AvgIpc) is 2.67. The van der Waals surface area contributed by atoms with Gasteiger partial charge in [0.1, 0.15) is 5.75 Å². The second kappa shape index (κ2) is 7.81. The lowest BCUT2D eigenvalue weighted by molar-refractivity contribution is 0.129. The monoisotopic (exact) mass is 409 g/mol. The molecule has 26 heavy (non-hydrogen) atoms. The first-order chi connectivity index (χ1) is 12.7. The highest BCUT2D eigenvalue weighted by Crippen LogP contribution is 2.33. The maximum atomic E-state index is 6.25. The van der Waals surface area contributed by atoms with Gasteiger partial charge in [-0.05, 0) is 66.5 Å². The molecule has 1 saturated heterocycles. The zero-order chi connectivity index (χ0) is 17.9. The summed E-state index contributed by atoms with van der Waals surface area (Å²) < 4.78 is 7.35.